The van der Waals surface area contributed by atoms with Gasteiger partial charge in [0.05, 0.1) is 11.6 Å². The van der Waals surface area contributed by atoms with E-state index in [4.69, 9.17) is 0 Å². The van der Waals surface area contributed by atoms with Gasteiger partial charge >= 0.3 is 0 Å². The highest BCUT2D eigenvalue weighted by Gasteiger charge is 2.28. The third kappa shape index (κ3) is 2.89. The van der Waals surface area contributed by atoms with Crippen LogP contribution >= 0.6 is 0 Å². The molecule has 0 radical (unpaired) electrons. The molecule has 0 aromatic carbocycles. The smallest absolute Gasteiger partial charge is 0.267 e. The second kappa shape index (κ2) is 6.09. The van der Waals surface area contributed by atoms with Gasteiger partial charge in [-0.15, -0.1) is 0 Å². The van der Waals surface area contributed by atoms with E-state index in [1.165, 1.54) is 30.0 Å². The molecule has 1 amide bonds. The summed E-state index contributed by atoms with van der Waals surface area (Å²) in [4.78, 5) is 27.8. The van der Waals surface area contributed by atoms with Crippen molar-refractivity contribution in [2.24, 2.45) is 0 Å². The maximum Gasteiger partial charge on any atom is 0.267 e. The number of aromatic nitrogens is 4. The SMILES string of the molecule is CC(=O)Nc1cc2c(cn1)c(C1CC1)cn2-c1ccc(=O)n(C(C)C)n1. The molecule has 0 atom stereocenters. The van der Waals surface area contributed by atoms with Crippen molar-refractivity contribution in [3.05, 3.63) is 46.5 Å². The molecule has 1 fully saturated rings. The molecule has 7 nitrogen and oxygen atoms in total. The van der Waals surface area contributed by atoms with Crippen LogP contribution in [0.3, 0.4) is 0 Å². The average molecular weight is 351 g/mol. The summed E-state index contributed by atoms with van der Waals surface area (Å²) in [7, 11) is 0. The van der Waals surface area contributed by atoms with Crippen molar-refractivity contribution in [3.63, 3.8) is 0 Å². The van der Waals surface area contributed by atoms with Gasteiger partial charge in [0.15, 0.2) is 5.82 Å². The predicted molar refractivity (Wildman–Crippen MR) is 99.8 cm³/mol. The van der Waals surface area contributed by atoms with Crippen LogP contribution in [-0.4, -0.2) is 25.2 Å². The zero-order valence-corrected chi connectivity index (χ0v) is 15.1. The maximum atomic E-state index is 12.0. The summed E-state index contributed by atoms with van der Waals surface area (Å²) in [6.07, 6.45) is 6.24. The van der Waals surface area contributed by atoms with Gasteiger partial charge < -0.3 is 5.32 Å². The van der Waals surface area contributed by atoms with Crippen LogP contribution in [0.25, 0.3) is 16.7 Å². The lowest BCUT2D eigenvalue weighted by molar-refractivity contribution is -0.114. The fourth-order valence-electron chi connectivity index (χ4n) is 3.22. The number of fused-ring (bicyclic) bond motifs is 1. The molecule has 1 aliphatic rings. The summed E-state index contributed by atoms with van der Waals surface area (Å²) in [5.41, 5.74) is 2.04. The first-order valence-electron chi connectivity index (χ1n) is 8.83. The molecule has 0 spiro atoms. The van der Waals surface area contributed by atoms with Gasteiger partial charge in [0.2, 0.25) is 5.91 Å². The van der Waals surface area contributed by atoms with E-state index in [1.807, 2.05) is 30.7 Å². The lowest BCUT2D eigenvalue weighted by Crippen LogP contribution is -2.24. The quantitative estimate of drug-likeness (QED) is 0.783. The number of pyridine rings is 1. The van der Waals surface area contributed by atoms with E-state index in [0.717, 1.165) is 10.9 Å². The van der Waals surface area contributed by atoms with E-state index in [2.05, 4.69) is 21.6 Å². The monoisotopic (exact) mass is 351 g/mol. The van der Waals surface area contributed by atoms with E-state index >= 15 is 0 Å². The topological polar surface area (TPSA) is 81.8 Å². The Labute approximate surface area is 150 Å². The first-order valence-corrected chi connectivity index (χ1v) is 8.83. The highest BCUT2D eigenvalue weighted by atomic mass is 16.1. The third-order valence-corrected chi connectivity index (χ3v) is 4.59. The van der Waals surface area contributed by atoms with Crippen molar-refractivity contribution in [3.8, 4) is 5.82 Å². The Morgan fingerprint density at radius 3 is 2.73 bits per heavy atom. The van der Waals surface area contributed by atoms with Gasteiger partial charge in [-0.3, -0.25) is 14.2 Å². The zero-order valence-electron chi connectivity index (χ0n) is 15.1. The Bertz CT molecular complexity index is 1060. The van der Waals surface area contributed by atoms with Crippen molar-refractivity contribution in [2.45, 2.75) is 45.6 Å². The molecule has 134 valence electrons. The molecule has 7 heteroatoms. The number of amides is 1. The summed E-state index contributed by atoms with van der Waals surface area (Å²) in [5.74, 6) is 1.56. The van der Waals surface area contributed by atoms with Crippen LogP contribution in [0.4, 0.5) is 5.82 Å². The number of carbonyl (C=O) groups excluding carboxylic acids is 1. The van der Waals surface area contributed by atoms with E-state index in [-0.39, 0.29) is 17.5 Å². The standard InChI is InChI=1S/C19H21N5O2/c1-11(2)24-19(26)7-6-18(22-24)23-10-15(13-4-5-13)14-9-20-17(8-16(14)23)21-12(3)25/h6-11,13H,4-5H2,1-3H3,(H,20,21,25). The maximum absolute atomic E-state index is 12.0. The van der Waals surface area contributed by atoms with Gasteiger partial charge in [-0.25, -0.2) is 9.67 Å². The normalized spacial score (nSPS) is 14.2. The second-order valence-electron chi connectivity index (χ2n) is 7.06. The van der Waals surface area contributed by atoms with Crippen LogP contribution < -0.4 is 10.9 Å². The number of anilines is 1. The number of rotatable bonds is 4. The summed E-state index contributed by atoms with van der Waals surface area (Å²) in [5, 5.41) is 8.33. The predicted octanol–water partition coefficient (Wildman–Crippen LogP) is 3.00. The van der Waals surface area contributed by atoms with E-state index in [9.17, 15) is 9.59 Å². The third-order valence-electron chi connectivity index (χ3n) is 4.59. The number of carbonyl (C=O) groups is 1. The first kappa shape index (κ1) is 16.5. The van der Waals surface area contributed by atoms with Crippen LogP contribution in [0.5, 0.6) is 0 Å². The highest BCUT2D eigenvalue weighted by molar-refractivity contribution is 5.92. The Kier molecular flexibility index (Phi) is 3.86. The lowest BCUT2D eigenvalue weighted by atomic mass is 10.1. The van der Waals surface area contributed by atoms with Crippen molar-refractivity contribution < 1.29 is 4.79 Å². The molecule has 3 heterocycles. The van der Waals surface area contributed by atoms with Crippen LogP contribution in [0.15, 0.2) is 35.4 Å². The van der Waals surface area contributed by atoms with Crippen molar-refractivity contribution in [1.82, 2.24) is 19.3 Å². The van der Waals surface area contributed by atoms with Crippen LogP contribution in [0.2, 0.25) is 0 Å². The fourth-order valence-corrected chi connectivity index (χ4v) is 3.22. The molecule has 0 saturated heterocycles. The Morgan fingerprint density at radius 2 is 2.08 bits per heavy atom. The van der Waals surface area contributed by atoms with Gasteiger partial charge in [-0.2, -0.15) is 5.10 Å². The fraction of sp³-hybridized carbons (Fsp3) is 0.368. The van der Waals surface area contributed by atoms with Crippen LogP contribution in [0.1, 0.15) is 51.1 Å². The molecule has 0 unspecified atom stereocenters. The molecule has 1 aliphatic carbocycles. The molecule has 26 heavy (non-hydrogen) atoms. The summed E-state index contributed by atoms with van der Waals surface area (Å²) >= 11 is 0. The van der Waals surface area contributed by atoms with E-state index in [0.29, 0.717) is 17.6 Å². The number of nitrogens with one attached hydrogen (secondary N) is 1. The molecule has 0 bridgehead atoms. The highest BCUT2D eigenvalue weighted by Crippen LogP contribution is 2.44. The van der Waals surface area contributed by atoms with Gasteiger partial charge in [0, 0.05) is 36.8 Å². The molecular formula is C19H21N5O2. The minimum absolute atomic E-state index is 0.0243. The number of hydrogen-bond donors (Lipinski definition) is 1. The van der Waals surface area contributed by atoms with E-state index in [1.54, 1.807) is 12.1 Å². The Balaban J connectivity index is 1.92. The summed E-state index contributed by atoms with van der Waals surface area (Å²) in [6, 6.07) is 5.11. The first-order chi connectivity index (χ1) is 12.4. The lowest BCUT2D eigenvalue weighted by Gasteiger charge is -2.11. The average Bonchev–Trinajstić information content (AvgIpc) is 3.36. The molecule has 0 aliphatic heterocycles. The van der Waals surface area contributed by atoms with Gasteiger partial charge in [0.1, 0.15) is 5.82 Å². The molecule has 1 N–H and O–H groups in total. The largest absolute Gasteiger partial charge is 0.311 e. The van der Waals surface area contributed by atoms with Crippen LogP contribution in [0, 0.1) is 0 Å². The van der Waals surface area contributed by atoms with Crippen LogP contribution in [-0.2, 0) is 4.79 Å². The number of nitrogens with zero attached hydrogens (tertiary/aromatic N) is 4. The molecule has 3 aromatic rings. The van der Waals surface area contributed by atoms with Crippen molar-refractivity contribution >= 4 is 22.6 Å². The zero-order chi connectivity index (χ0) is 18.4. The molecule has 3 aromatic heterocycles. The van der Waals surface area contributed by atoms with E-state index < -0.39 is 0 Å². The van der Waals surface area contributed by atoms with Gasteiger partial charge in [-0.05, 0) is 44.2 Å². The van der Waals surface area contributed by atoms with Crippen molar-refractivity contribution in [1.29, 1.82) is 0 Å². The number of hydrogen-bond acceptors (Lipinski definition) is 4. The Hall–Kier alpha value is -2.96. The summed E-state index contributed by atoms with van der Waals surface area (Å²) < 4.78 is 3.46. The summed E-state index contributed by atoms with van der Waals surface area (Å²) in [6.45, 7) is 5.32. The van der Waals surface area contributed by atoms with Gasteiger partial charge in [0.25, 0.3) is 5.56 Å². The van der Waals surface area contributed by atoms with Gasteiger partial charge in [-0.1, -0.05) is 0 Å². The molecule has 1 saturated carbocycles. The minimum atomic E-state index is -0.163. The molecule has 4 rings (SSSR count). The Morgan fingerprint density at radius 1 is 1.31 bits per heavy atom. The van der Waals surface area contributed by atoms with Crippen molar-refractivity contribution in [2.75, 3.05) is 5.32 Å². The minimum Gasteiger partial charge on any atom is -0.311 e. The second-order valence-corrected chi connectivity index (χ2v) is 7.06. The molecular weight excluding hydrogens is 330 g/mol.